The molecule has 0 radical (unpaired) electrons. The summed E-state index contributed by atoms with van der Waals surface area (Å²) in [5.74, 6) is -2.01. The van der Waals surface area contributed by atoms with Gasteiger partial charge < -0.3 is 10.3 Å². The van der Waals surface area contributed by atoms with E-state index in [-0.39, 0.29) is 12.1 Å². The number of aromatic amines is 1. The van der Waals surface area contributed by atoms with Crippen LogP contribution in [0.3, 0.4) is 0 Å². The van der Waals surface area contributed by atoms with E-state index in [0.717, 1.165) is 23.8 Å². The Morgan fingerprint density at radius 3 is 2.82 bits per heavy atom. The maximum absolute atomic E-state index is 13.3. The molecule has 88 valence electrons. The van der Waals surface area contributed by atoms with Crippen LogP contribution in [0.4, 0.5) is 8.78 Å². The molecule has 17 heavy (non-hydrogen) atoms. The summed E-state index contributed by atoms with van der Waals surface area (Å²) in [6.07, 6.45) is 3.42. The molecule has 0 unspecified atom stereocenters. The minimum Gasteiger partial charge on any atom is -0.367 e. The lowest BCUT2D eigenvalue weighted by Crippen LogP contribution is -2.23. The van der Waals surface area contributed by atoms with E-state index < -0.39 is 17.5 Å². The second kappa shape index (κ2) is 4.78. The third-order valence-electron chi connectivity index (χ3n) is 2.29. The van der Waals surface area contributed by atoms with Gasteiger partial charge in [0.2, 0.25) is 0 Å². The van der Waals surface area contributed by atoms with E-state index in [1.54, 1.807) is 18.5 Å². The molecular weight excluding hydrogens is 226 g/mol. The average molecular weight is 236 g/mol. The Bertz CT molecular complexity index is 523. The topological polar surface area (TPSA) is 44.9 Å². The van der Waals surface area contributed by atoms with Gasteiger partial charge in [0.05, 0.1) is 5.56 Å². The molecule has 3 nitrogen and oxygen atoms in total. The van der Waals surface area contributed by atoms with Crippen LogP contribution in [0.15, 0.2) is 36.7 Å². The van der Waals surface area contributed by atoms with Gasteiger partial charge in [-0.2, -0.15) is 0 Å². The predicted octanol–water partition coefficient (Wildman–Crippen LogP) is 2.22. The number of aromatic nitrogens is 1. The van der Waals surface area contributed by atoms with Gasteiger partial charge in [0.15, 0.2) is 0 Å². The van der Waals surface area contributed by atoms with Crippen LogP contribution in [0.25, 0.3) is 0 Å². The van der Waals surface area contributed by atoms with E-state index in [1.807, 2.05) is 0 Å². The number of H-pyrrole nitrogens is 1. The lowest BCUT2D eigenvalue weighted by Gasteiger charge is -2.05. The maximum atomic E-state index is 13.3. The number of rotatable bonds is 3. The summed E-state index contributed by atoms with van der Waals surface area (Å²) in [7, 11) is 0. The maximum Gasteiger partial charge on any atom is 0.254 e. The molecule has 0 fully saturated rings. The van der Waals surface area contributed by atoms with Crippen molar-refractivity contribution in [2.75, 3.05) is 0 Å². The Labute approximate surface area is 96.5 Å². The molecule has 0 aliphatic carbocycles. The zero-order valence-corrected chi connectivity index (χ0v) is 8.84. The Kier molecular flexibility index (Phi) is 3.18. The fraction of sp³-hybridized carbons (Fsp3) is 0.0833. The van der Waals surface area contributed by atoms with Crippen LogP contribution in [-0.2, 0) is 6.54 Å². The van der Waals surface area contributed by atoms with Crippen molar-refractivity contribution < 1.29 is 13.6 Å². The fourth-order valence-electron chi connectivity index (χ4n) is 1.42. The second-order valence-corrected chi connectivity index (χ2v) is 3.53. The normalized spacial score (nSPS) is 10.2. The number of hydrogen-bond donors (Lipinski definition) is 2. The van der Waals surface area contributed by atoms with Gasteiger partial charge in [-0.3, -0.25) is 4.79 Å². The van der Waals surface area contributed by atoms with Gasteiger partial charge in [-0.05, 0) is 29.8 Å². The predicted molar refractivity (Wildman–Crippen MR) is 58.3 cm³/mol. The van der Waals surface area contributed by atoms with Crippen molar-refractivity contribution in [3.05, 3.63) is 59.4 Å². The molecular formula is C12H10F2N2O. The SMILES string of the molecule is O=C(NCc1cc[nH]c1)c1cc(F)ccc1F. The molecule has 2 N–H and O–H groups in total. The summed E-state index contributed by atoms with van der Waals surface area (Å²) in [6, 6.07) is 4.56. The van der Waals surface area contributed by atoms with Gasteiger partial charge in [-0.15, -0.1) is 0 Å². The van der Waals surface area contributed by atoms with Crippen LogP contribution in [-0.4, -0.2) is 10.9 Å². The largest absolute Gasteiger partial charge is 0.367 e. The van der Waals surface area contributed by atoms with Crippen molar-refractivity contribution in [1.82, 2.24) is 10.3 Å². The van der Waals surface area contributed by atoms with E-state index in [9.17, 15) is 13.6 Å². The van der Waals surface area contributed by atoms with Crippen molar-refractivity contribution >= 4 is 5.91 Å². The third-order valence-corrected chi connectivity index (χ3v) is 2.29. The highest BCUT2D eigenvalue weighted by Crippen LogP contribution is 2.09. The van der Waals surface area contributed by atoms with Crippen molar-refractivity contribution in [3.8, 4) is 0 Å². The summed E-state index contributed by atoms with van der Waals surface area (Å²) in [5, 5.41) is 2.50. The van der Waals surface area contributed by atoms with Crippen molar-refractivity contribution in [1.29, 1.82) is 0 Å². The quantitative estimate of drug-likeness (QED) is 0.843. The number of carbonyl (C=O) groups excluding carboxylic acids is 1. The first kappa shape index (κ1) is 11.3. The first-order chi connectivity index (χ1) is 8.16. The van der Waals surface area contributed by atoms with E-state index in [0.29, 0.717) is 0 Å². The van der Waals surface area contributed by atoms with Crippen LogP contribution in [0.1, 0.15) is 15.9 Å². The van der Waals surface area contributed by atoms with E-state index in [4.69, 9.17) is 0 Å². The smallest absolute Gasteiger partial charge is 0.254 e. The van der Waals surface area contributed by atoms with Crippen LogP contribution in [0.2, 0.25) is 0 Å². The van der Waals surface area contributed by atoms with E-state index in [1.165, 1.54) is 0 Å². The Hall–Kier alpha value is -2.17. The Morgan fingerprint density at radius 1 is 1.29 bits per heavy atom. The monoisotopic (exact) mass is 236 g/mol. The van der Waals surface area contributed by atoms with Crippen molar-refractivity contribution in [3.63, 3.8) is 0 Å². The molecule has 0 saturated heterocycles. The summed E-state index contributed by atoms with van der Waals surface area (Å²) in [5.41, 5.74) is 0.565. The highest BCUT2D eigenvalue weighted by Gasteiger charge is 2.12. The summed E-state index contributed by atoms with van der Waals surface area (Å²) in [6.45, 7) is 0.262. The molecule has 1 amide bonds. The van der Waals surface area contributed by atoms with Gasteiger partial charge in [0.25, 0.3) is 5.91 Å². The minimum absolute atomic E-state index is 0.262. The van der Waals surface area contributed by atoms with Crippen LogP contribution in [0.5, 0.6) is 0 Å². The first-order valence-corrected chi connectivity index (χ1v) is 5.02. The van der Waals surface area contributed by atoms with Gasteiger partial charge in [0, 0.05) is 18.9 Å². The van der Waals surface area contributed by atoms with Crippen LogP contribution >= 0.6 is 0 Å². The van der Waals surface area contributed by atoms with Crippen molar-refractivity contribution in [2.24, 2.45) is 0 Å². The summed E-state index contributed by atoms with van der Waals surface area (Å²) in [4.78, 5) is 14.4. The number of hydrogen-bond acceptors (Lipinski definition) is 1. The number of amides is 1. The molecule has 5 heteroatoms. The Balaban J connectivity index is 2.07. The molecule has 0 atom stereocenters. The molecule has 0 aliphatic rings. The summed E-state index contributed by atoms with van der Waals surface area (Å²) >= 11 is 0. The van der Waals surface area contributed by atoms with Gasteiger partial charge in [-0.25, -0.2) is 8.78 Å². The lowest BCUT2D eigenvalue weighted by atomic mass is 10.2. The highest BCUT2D eigenvalue weighted by atomic mass is 19.1. The number of benzene rings is 1. The van der Waals surface area contributed by atoms with Crippen LogP contribution in [0, 0.1) is 11.6 Å². The van der Waals surface area contributed by atoms with Gasteiger partial charge in [-0.1, -0.05) is 0 Å². The van der Waals surface area contributed by atoms with Gasteiger partial charge >= 0.3 is 0 Å². The third kappa shape index (κ3) is 2.69. The lowest BCUT2D eigenvalue weighted by molar-refractivity contribution is 0.0946. The fourth-order valence-corrected chi connectivity index (χ4v) is 1.42. The first-order valence-electron chi connectivity index (χ1n) is 5.02. The molecule has 2 rings (SSSR count). The van der Waals surface area contributed by atoms with Crippen molar-refractivity contribution in [2.45, 2.75) is 6.54 Å². The molecule has 2 aromatic rings. The average Bonchev–Trinajstić information content (AvgIpc) is 2.82. The molecule has 1 aromatic heterocycles. The summed E-state index contributed by atoms with van der Waals surface area (Å²) < 4.78 is 26.1. The Morgan fingerprint density at radius 2 is 2.12 bits per heavy atom. The molecule has 0 bridgehead atoms. The minimum atomic E-state index is -0.738. The molecule has 0 aliphatic heterocycles. The number of halogens is 2. The standard InChI is InChI=1S/C12H10F2N2O/c13-9-1-2-11(14)10(5-9)12(17)16-7-8-3-4-15-6-8/h1-6,15H,7H2,(H,16,17). The number of nitrogens with one attached hydrogen (secondary N) is 2. The number of carbonyl (C=O) groups is 1. The van der Waals surface area contributed by atoms with E-state index in [2.05, 4.69) is 10.3 Å². The molecule has 0 spiro atoms. The molecule has 1 aromatic carbocycles. The van der Waals surface area contributed by atoms with Crippen LogP contribution < -0.4 is 5.32 Å². The zero-order chi connectivity index (χ0) is 12.3. The second-order valence-electron chi connectivity index (χ2n) is 3.53. The zero-order valence-electron chi connectivity index (χ0n) is 8.84. The molecule has 1 heterocycles. The van der Waals surface area contributed by atoms with Gasteiger partial charge in [0.1, 0.15) is 11.6 Å². The highest BCUT2D eigenvalue weighted by molar-refractivity contribution is 5.94. The van der Waals surface area contributed by atoms with E-state index >= 15 is 0 Å². The molecule has 0 saturated carbocycles.